The van der Waals surface area contributed by atoms with Gasteiger partial charge in [0.25, 0.3) is 0 Å². The first-order valence-electron chi connectivity index (χ1n) is 9.75. The highest BCUT2D eigenvalue weighted by Gasteiger charge is 2.18. The predicted molar refractivity (Wildman–Crippen MR) is 120 cm³/mol. The molecule has 0 aromatic heterocycles. The molecule has 6 heteroatoms. The Balaban J connectivity index is 1.86. The molecule has 2 aromatic rings. The Hall–Kier alpha value is -1.50. The number of hydrogen-bond donors (Lipinski definition) is 0. The fourth-order valence-electron chi connectivity index (χ4n) is 3.37. The van der Waals surface area contributed by atoms with Crippen molar-refractivity contribution in [3.63, 3.8) is 0 Å². The molecule has 0 aliphatic rings. The third-order valence-corrected chi connectivity index (χ3v) is 9.75. The highest BCUT2D eigenvalue weighted by molar-refractivity contribution is 7.49. The Morgan fingerprint density at radius 1 is 0.714 bits per heavy atom. The molecule has 0 saturated carbocycles. The van der Waals surface area contributed by atoms with Gasteiger partial charge in [0, 0.05) is 23.6 Å². The summed E-state index contributed by atoms with van der Waals surface area (Å²) in [4.78, 5) is 0. The summed E-state index contributed by atoms with van der Waals surface area (Å²) in [7, 11) is -0.305. The maximum Gasteiger partial charge on any atom is 0.122 e. The zero-order valence-electron chi connectivity index (χ0n) is 17.2. The Kier molecular flexibility index (Phi) is 9.35. The van der Waals surface area contributed by atoms with Crippen LogP contribution in [0.4, 0.5) is 0 Å². The first-order valence-corrected chi connectivity index (χ1v) is 13.1. The Morgan fingerprint density at radius 3 is 1.43 bits per heavy atom. The van der Waals surface area contributed by atoms with Crippen molar-refractivity contribution in [1.82, 2.24) is 0 Å². The van der Waals surface area contributed by atoms with Gasteiger partial charge < -0.3 is 18.6 Å². The van der Waals surface area contributed by atoms with E-state index in [9.17, 15) is 9.13 Å². The van der Waals surface area contributed by atoms with Crippen LogP contribution in [0, 0.1) is 0 Å². The molecule has 4 unspecified atom stereocenters. The SMILES string of the molecule is COc1ccccc1CC(C)[PH](=O)CC[PH](=O)C(C)Cc1ccccc1OC. The van der Waals surface area contributed by atoms with E-state index in [1.165, 1.54) is 0 Å². The molecule has 2 rings (SSSR count). The molecule has 0 radical (unpaired) electrons. The van der Waals surface area contributed by atoms with E-state index in [4.69, 9.17) is 9.47 Å². The number of ether oxygens (including phenoxy) is 2. The number of para-hydroxylation sites is 2. The van der Waals surface area contributed by atoms with Gasteiger partial charge in [0.1, 0.15) is 11.5 Å². The number of methoxy groups -OCH3 is 2. The molecule has 4 nitrogen and oxygen atoms in total. The van der Waals surface area contributed by atoms with Crippen LogP contribution in [0.2, 0.25) is 0 Å². The predicted octanol–water partition coefficient (Wildman–Crippen LogP) is 5.39. The lowest BCUT2D eigenvalue weighted by atomic mass is 10.1. The molecular weight excluding hydrogens is 390 g/mol. The molecule has 4 atom stereocenters. The highest BCUT2D eigenvalue weighted by Crippen LogP contribution is 2.38. The van der Waals surface area contributed by atoms with Crippen molar-refractivity contribution in [2.24, 2.45) is 0 Å². The Morgan fingerprint density at radius 2 is 1.07 bits per heavy atom. The summed E-state index contributed by atoms with van der Waals surface area (Å²) in [5.41, 5.74) is 2.29. The van der Waals surface area contributed by atoms with E-state index in [1.54, 1.807) is 14.2 Å². The monoisotopic (exact) mass is 422 g/mol. The normalized spacial score (nSPS) is 15.4. The number of rotatable bonds is 11. The summed E-state index contributed by atoms with van der Waals surface area (Å²) in [6, 6.07) is 15.7. The largest absolute Gasteiger partial charge is 0.496 e. The molecular formula is C22H32O4P2. The second kappa shape index (κ2) is 11.5. The van der Waals surface area contributed by atoms with E-state index in [0.717, 1.165) is 35.5 Å². The minimum Gasteiger partial charge on any atom is -0.496 e. The second-order valence-electron chi connectivity index (χ2n) is 7.27. The molecule has 154 valence electrons. The topological polar surface area (TPSA) is 52.6 Å². The van der Waals surface area contributed by atoms with E-state index in [1.807, 2.05) is 62.4 Å². The quantitative estimate of drug-likeness (QED) is 0.456. The molecule has 0 N–H and O–H groups in total. The second-order valence-corrected chi connectivity index (χ2v) is 12.1. The maximum atomic E-state index is 12.7. The Bertz CT molecular complexity index is 739. The van der Waals surface area contributed by atoms with Crippen molar-refractivity contribution in [1.29, 1.82) is 0 Å². The summed E-state index contributed by atoms with van der Waals surface area (Å²) >= 11 is 0. The smallest absolute Gasteiger partial charge is 0.122 e. The van der Waals surface area contributed by atoms with Crippen molar-refractivity contribution >= 4 is 15.6 Å². The van der Waals surface area contributed by atoms with Gasteiger partial charge in [0.2, 0.25) is 0 Å². The van der Waals surface area contributed by atoms with Crippen LogP contribution in [0.15, 0.2) is 48.5 Å². The molecule has 0 amide bonds. The molecule has 2 aromatic carbocycles. The zero-order valence-corrected chi connectivity index (χ0v) is 19.2. The van der Waals surface area contributed by atoms with Crippen LogP contribution in [0.3, 0.4) is 0 Å². The molecule has 0 heterocycles. The summed E-state index contributed by atoms with van der Waals surface area (Å²) in [6.07, 6.45) is 2.54. The van der Waals surface area contributed by atoms with Gasteiger partial charge in [-0.25, -0.2) is 0 Å². The van der Waals surface area contributed by atoms with Gasteiger partial charge in [-0.3, -0.25) is 0 Å². The van der Waals surface area contributed by atoms with E-state index in [0.29, 0.717) is 12.3 Å². The number of hydrogen-bond acceptors (Lipinski definition) is 4. The van der Waals surface area contributed by atoms with Gasteiger partial charge >= 0.3 is 0 Å². The van der Waals surface area contributed by atoms with E-state index >= 15 is 0 Å². The molecule has 0 bridgehead atoms. The minimum atomic E-state index is -1.81. The Labute approximate surface area is 170 Å². The molecule has 0 aliphatic carbocycles. The van der Waals surface area contributed by atoms with Crippen molar-refractivity contribution < 1.29 is 18.6 Å². The zero-order chi connectivity index (χ0) is 20.5. The van der Waals surface area contributed by atoms with Gasteiger partial charge in [-0.05, 0) is 36.1 Å². The van der Waals surface area contributed by atoms with Crippen molar-refractivity contribution in [2.45, 2.75) is 38.0 Å². The minimum absolute atomic E-state index is 0.0700. The lowest BCUT2D eigenvalue weighted by Gasteiger charge is -2.16. The fourth-order valence-corrected chi connectivity index (χ4v) is 7.22. The van der Waals surface area contributed by atoms with Crippen LogP contribution in [-0.2, 0) is 22.0 Å². The third kappa shape index (κ3) is 6.54. The lowest BCUT2D eigenvalue weighted by molar-refractivity contribution is 0.409. The number of benzene rings is 2. The maximum absolute atomic E-state index is 12.7. The average Bonchev–Trinajstić information content (AvgIpc) is 2.72. The first kappa shape index (κ1) is 22.8. The summed E-state index contributed by atoms with van der Waals surface area (Å²) in [6.45, 7) is 4.03. The lowest BCUT2D eigenvalue weighted by Crippen LogP contribution is -2.08. The highest BCUT2D eigenvalue weighted by atomic mass is 31.1. The van der Waals surface area contributed by atoms with Gasteiger partial charge in [0.05, 0.1) is 29.8 Å². The fraction of sp³-hybridized carbons (Fsp3) is 0.455. The van der Waals surface area contributed by atoms with Crippen LogP contribution in [0.25, 0.3) is 0 Å². The van der Waals surface area contributed by atoms with Gasteiger partial charge in [-0.2, -0.15) is 0 Å². The van der Waals surface area contributed by atoms with Crippen molar-refractivity contribution in [3.8, 4) is 11.5 Å². The van der Waals surface area contributed by atoms with Crippen LogP contribution in [0.5, 0.6) is 11.5 Å². The van der Waals surface area contributed by atoms with Crippen LogP contribution >= 0.6 is 15.6 Å². The molecule has 28 heavy (non-hydrogen) atoms. The average molecular weight is 422 g/mol. The first-order chi connectivity index (χ1) is 13.5. The van der Waals surface area contributed by atoms with Crippen molar-refractivity contribution in [3.05, 3.63) is 59.7 Å². The van der Waals surface area contributed by atoms with E-state index < -0.39 is 15.6 Å². The summed E-state index contributed by atoms with van der Waals surface area (Å²) < 4.78 is 36.2. The van der Waals surface area contributed by atoms with E-state index in [-0.39, 0.29) is 11.3 Å². The van der Waals surface area contributed by atoms with Gasteiger partial charge in [-0.1, -0.05) is 50.2 Å². The van der Waals surface area contributed by atoms with Crippen LogP contribution in [0.1, 0.15) is 25.0 Å². The molecule has 0 fully saturated rings. The molecule has 0 saturated heterocycles. The summed E-state index contributed by atoms with van der Waals surface area (Å²) in [5.74, 6) is 1.67. The van der Waals surface area contributed by atoms with Crippen LogP contribution < -0.4 is 9.47 Å². The van der Waals surface area contributed by atoms with Crippen molar-refractivity contribution in [2.75, 3.05) is 26.5 Å². The van der Waals surface area contributed by atoms with E-state index in [2.05, 4.69) is 0 Å². The van der Waals surface area contributed by atoms with Gasteiger partial charge in [0.15, 0.2) is 0 Å². The van der Waals surface area contributed by atoms with Gasteiger partial charge in [-0.15, -0.1) is 0 Å². The standard InChI is InChI=1S/C22H32O4P2/c1-17(15-19-9-5-7-11-21(19)25-3)27(23)13-14-28(24)18(2)16-20-10-6-8-12-22(20)26-4/h5-12,17-18,27-28H,13-16H2,1-4H3. The summed E-state index contributed by atoms with van der Waals surface area (Å²) in [5, 5.41) is 0. The third-order valence-electron chi connectivity index (χ3n) is 5.15. The molecule has 0 aliphatic heterocycles. The van der Waals surface area contributed by atoms with Crippen LogP contribution in [-0.4, -0.2) is 37.9 Å². The molecule has 0 spiro atoms.